The number of hydrogen-bond acceptors (Lipinski definition) is 4. The van der Waals surface area contributed by atoms with Crippen molar-refractivity contribution < 1.29 is 14.2 Å². The van der Waals surface area contributed by atoms with Gasteiger partial charge in [0.2, 0.25) is 0 Å². The Morgan fingerprint density at radius 1 is 1.15 bits per heavy atom. The minimum absolute atomic E-state index is 0.107. The molecule has 1 rings (SSSR count). The number of ether oxygens (including phenoxy) is 3. The quantitative estimate of drug-likeness (QED) is 0.633. The molecule has 0 saturated carbocycles. The fraction of sp³-hybridized carbons (Fsp3) is 0.625. The van der Waals surface area contributed by atoms with Crippen LogP contribution < -0.4 is 10.1 Å². The Kier molecular flexibility index (Phi) is 9.04. The van der Waals surface area contributed by atoms with Crippen molar-refractivity contribution in [2.75, 3.05) is 33.0 Å². The van der Waals surface area contributed by atoms with Crippen LogP contribution in [0.2, 0.25) is 0 Å². The van der Waals surface area contributed by atoms with Crippen molar-refractivity contribution in [3.05, 3.63) is 29.8 Å². The number of benzene rings is 1. The molecule has 0 aliphatic rings. The van der Waals surface area contributed by atoms with E-state index in [0.29, 0.717) is 19.8 Å². The minimum atomic E-state index is 0.107. The van der Waals surface area contributed by atoms with Gasteiger partial charge < -0.3 is 19.5 Å². The van der Waals surface area contributed by atoms with E-state index >= 15 is 0 Å². The first-order valence-corrected chi connectivity index (χ1v) is 7.38. The molecule has 0 amide bonds. The monoisotopic (exact) mass is 281 g/mol. The summed E-state index contributed by atoms with van der Waals surface area (Å²) in [5.74, 6) is 0.925. The van der Waals surface area contributed by atoms with Gasteiger partial charge in [-0.15, -0.1) is 0 Å². The van der Waals surface area contributed by atoms with Gasteiger partial charge in [-0.3, -0.25) is 0 Å². The average molecular weight is 281 g/mol. The Morgan fingerprint density at radius 3 is 2.70 bits per heavy atom. The number of nitrogens with one attached hydrogen (secondary N) is 1. The van der Waals surface area contributed by atoms with Crippen LogP contribution in [-0.2, 0) is 16.0 Å². The van der Waals surface area contributed by atoms with Crippen molar-refractivity contribution in [3.8, 4) is 5.75 Å². The van der Waals surface area contributed by atoms with Crippen molar-refractivity contribution in [1.82, 2.24) is 5.32 Å². The molecule has 0 saturated heterocycles. The van der Waals surface area contributed by atoms with E-state index in [-0.39, 0.29) is 6.10 Å². The molecule has 0 fully saturated rings. The third-order valence-electron chi connectivity index (χ3n) is 2.84. The van der Waals surface area contributed by atoms with Gasteiger partial charge in [-0.05, 0) is 26.5 Å². The molecule has 4 heteroatoms. The van der Waals surface area contributed by atoms with Gasteiger partial charge in [0, 0.05) is 18.7 Å². The summed E-state index contributed by atoms with van der Waals surface area (Å²) < 4.78 is 16.7. The molecular formula is C16H27NO3. The maximum Gasteiger partial charge on any atom is 0.123 e. The SMILES string of the molecule is CCNCc1ccccc1OCCOC(C)COCC. The number of para-hydroxylation sites is 1. The minimum Gasteiger partial charge on any atom is -0.491 e. The molecule has 0 heterocycles. The molecule has 114 valence electrons. The van der Waals surface area contributed by atoms with Gasteiger partial charge in [0.15, 0.2) is 0 Å². The first-order valence-electron chi connectivity index (χ1n) is 7.38. The normalized spacial score (nSPS) is 12.3. The lowest BCUT2D eigenvalue weighted by atomic mass is 10.2. The molecule has 0 bridgehead atoms. The van der Waals surface area contributed by atoms with Crippen molar-refractivity contribution in [3.63, 3.8) is 0 Å². The molecule has 20 heavy (non-hydrogen) atoms. The van der Waals surface area contributed by atoms with Crippen molar-refractivity contribution >= 4 is 0 Å². The van der Waals surface area contributed by atoms with Crippen LogP contribution in [0.15, 0.2) is 24.3 Å². The second kappa shape index (κ2) is 10.7. The highest BCUT2D eigenvalue weighted by Crippen LogP contribution is 2.17. The first-order chi connectivity index (χ1) is 9.77. The van der Waals surface area contributed by atoms with Crippen molar-refractivity contribution in [1.29, 1.82) is 0 Å². The molecule has 1 atom stereocenters. The molecule has 1 unspecified atom stereocenters. The lowest BCUT2D eigenvalue weighted by Gasteiger charge is -2.15. The molecule has 0 spiro atoms. The van der Waals surface area contributed by atoms with Gasteiger partial charge in [-0.1, -0.05) is 25.1 Å². The van der Waals surface area contributed by atoms with E-state index in [4.69, 9.17) is 14.2 Å². The third kappa shape index (κ3) is 6.89. The summed E-state index contributed by atoms with van der Waals surface area (Å²) in [6.07, 6.45) is 0.107. The molecule has 1 N–H and O–H groups in total. The second-order valence-corrected chi connectivity index (χ2v) is 4.58. The summed E-state index contributed by atoms with van der Waals surface area (Å²) >= 11 is 0. The van der Waals surface area contributed by atoms with Gasteiger partial charge in [0.25, 0.3) is 0 Å². The highest BCUT2D eigenvalue weighted by atomic mass is 16.5. The standard InChI is InChI=1S/C16H27NO3/c1-4-17-12-15-8-6-7-9-16(15)20-11-10-19-14(3)13-18-5-2/h6-9,14,17H,4-5,10-13H2,1-3H3. The topological polar surface area (TPSA) is 39.7 Å². The molecule has 1 aromatic carbocycles. The highest BCUT2D eigenvalue weighted by molar-refractivity contribution is 5.33. The molecular weight excluding hydrogens is 254 g/mol. The summed E-state index contributed by atoms with van der Waals surface area (Å²) in [7, 11) is 0. The summed E-state index contributed by atoms with van der Waals surface area (Å²) in [5.41, 5.74) is 1.18. The van der Waals surface area contributed by atoms with Crippen LogP contribution in [0.3, 0.4) is 0 Å². The maximum atomic E-state index is 5.78. The molecule has 0 aromatic heterocycles. The summed E-state index contributed by atoms with van der Waals surface area (Å²) in [5, 5.41) is 3.31. The maximum absolute atomic E-state index is 5.78. The fourth-order valence-electron chi connectivity index (χ4n) is 1.78. The highest BCUT2D eigenvalue weighted by Gasteiger charge is 2.04. The zero-order valence-electron chi connectivity index (χ0n) is 12.9. The van der Waals surface area contributed by atoms with E-state index in [1.807, 2.05) is 32.0 Å². The van der Waals surface area contributed by atoms with Crippen LogP contribution in [0, 0.1) is 0 Å². The second-order valence-electron chi connectivity index (χ2n) is 4.58. The van der Waals surface area contributed by atoms with Gasteiger partial charge in [0.1, 0.15) is 12.4 Å². The number of rotatable bonds is 11. The predicted molar refractivity (Wildman–Crippen MR) is 81.2 cm³/mol. The predicted octanol–water partition coefficient (Wildman–Crippen LogP) is 2.62. The summed E-state index contributed by atoms with van der Waals surface area (Å²) in [4.78, 5) is 0. The average Bonchev–Trinajstić information content (AvgIpc) is 2.48. The Labute approximate surface area is 122 Å². The van der Waals surface area contributed by atoms with E-state index < -0.39 is 0 Å². The van der Waals surface area contributed by atoms with Crippen LogP contribution in [0.25, 0.3) is 0 Å². The van der Waals surface area contributed by atoms with E-state index in [9.17, 15) is 0 Å². The van der Waals surface area contributed by atoms with Crippen LogP contribution in [0.5, 0.6) is 5.75 Å². The molecule has 0 radical (unpaired) electrons. The Hall–Kier alpha value is -1.10. The Balaban J connectivity index is 2.27. The van der Waals surface area contributed by atoms with Crippen LogP contribution in [0.4, 0.5) is 0 Å². The Morgan fingerprint density at radius 2 is 1.95 bits per heavy atom. The van der Waals surface area contributed by atoms with Crippen LogP contribution in [0.1, 0.15) is 26.3 Å². The van der Waals surface area contributed by atoms with E-state index in [1.54, 1.807) is 0 Å². The third-order valence-corrected chi connectivity index (χ3v) is 2.84. The largest absolute Gasteiger partial charge is 0.491 e. The van der Waals surface area contributed by atoms with Gasteiger partial charge in [0.05, 0.1) is 19.3 Å². The molecule has 0 aliphatic heterocycles. The van der Waals surface area contributed by atoms with E-state index in [0.717, 1.165) is 25.4 Å². The zero-order chi connectivity index (χ0) is 14.6. The van der Waals surface area contributed by atoms with Crippen molar-refractivity contribution in [2.24, 2.45) is 0 Å². The van der Waals surface area contributed by atoms with E-state index in [2.05, 4.69) is 18.3 Å². The summed E-state index contributed by atoms with van der Waals surface area (Å²) in [6, 6.07) is 8.09. The van der Waals surface area contributed by atoms with E-state index in [1.165, 1.54) is 5.56 Å². The molecule has 0 aliphatic carbocycles. The first kappa shape index (κ1) is 17.0. The zero-order valence-corrected chi connectivity index (χ0v) is 12.9. The van der Waals surface area contributed by atoms with Gasteiger partial charge >= 0.3 is 0 Å². The summed E-state index contributed by atoms with van der Waals surface area (Å²) in [6.45, 7) is 10.3. The lowest BCUT2D eigenvalue weighted by Crippen LogP contribution is -2.20. The van der Waals surface area contributed by atoms with Crippen LogP contribution >= 0.6 is 0 Å². The number of hydrogen-bond donors (Lipinski definition) is 1. The fourth-order valence-corrected chi connectivity index (χ4v) is 1.78. The van der Waals surface area contributed by atoms with Gasteiger partial charge in [-0.2, -0.15) is 0 Å². The Bertz CT molecular complexity index is 357. The van der Waals surface area contributed by atoms with Gasteiger partial charge in [-0.25, -0.2) is 0 Å². The van der Waals surface area contributed by atoms with Crippen molar-refractivity contribution in [2.45, 2.75) is 33.4 Å². The molecule has 1 aromatic rings. The van der Waals surface area contributed by atoms with Crippen LogP contribution in [-0.4, -0.2) is 39.1 Å². The lowest BCUT2D eigenvalue weighted by molar-refractivity contribution is -0.0128. The molecule has 4 nitrogen and oxygen atoms in total. The smallest absolute Gasteiger partial charge is 0.123 e.